The summed E-state index contributed by atoms with van der Waals surface area (Å²) in [7, 11) is 0. The van der Waals surface area contributed by atoms with Gasteiger partial charge in [-0.05, 0) is 50.7 Å². The van der Waals surface area contributed by atoms with Crippen molar-refractivity contribution in [2.45, 2.75) is 38.7 Å². The van der Waals surface area contributed by atoms with Gasteiger partial charge in [-0.3, -0.25) is 4.57 Å². The summed E-state index contributed by atoms with van der Waals surface area (Å²) in [5.41, 5.74) is 1.38. The lowest BCUT2D eigenvalue weighted by molar-refractivity contribution is 0.0544. The van der Waals surface area contributed by atoms with Crippen LogP contribution in [0.4, 0.5) is 4.79 Å². The van der Waals surface area contributed by atoms with E-state index in [-0.39, 0.29) is 17.9 Å². The summed E-state index contributed by atoms with van der Waals surface area (Å²) in [5.74, 6) is 0.845. The second-order valence-corrected chi connectivity index (χ2v) is 8.08. The van der Waals surface area contributed by atoms with E-state index in [0.29, 0.717) is 11.8 Å². The van der Waals surface area contributed by atoms with Gasteiger partial charge in [-0.25, -0.2) is 4.79 Å². The van der Waals surface area contributed by atoms with Crippen molar-refractivity contribution in [3.05, 3.63) is 48.2 Å². The van der Waals surface area contributed by atoms with Crippen molar-refractivity contribution in [3.8, 4) is 6.07 Å². The molecule has 4 rings (SSSR count). The number of nitriles is 1. The highest BCUT2D eigenvalue weighted by atomic mass is 16.6. The number of hydrogen-bond donors (Lipinski definition) is 0. The number of benzene rings is 1. The number of nitrogens with zero attached hydrogens (tertiary/aromatic N) is 2. The average Bonchev–Trinajstić information content (AvgIpc) is 3.24. The zero-order chi connectivity index (χ0) is 17.8. The van der Waals surface area contributed by atoms with Gasteiger partial charge in [-0.15, -0.1) is 0 Å². The fourth-order valence-electron chi connectivity index (χ4n) is 4.36. The van der Waals surface area contributed by atoms with Gasteiger partial charge in [0, 0.05) is 17.5 Å². The molecule has 4 heteroatoms. The maximum Gasteiger partial charge on any atom is 0.419 e. The standard InChI is InChI=1S/C21H22N2O2/c1-21(2,3)25-20(24)23-12-17(15-6-4-5-7-18(15)23)19-14-9-8-13(10-14)16(19)11-22/h4-9,12-14,16,19H,10H2,1-3H3/t13-,14+,16+,19-/m0/s1. The average molecular weight is 334 g/mol. The number of para-hydroxylation sites is 1. The number of aromatic nitrogens is 1. The molecule has 1 heterocycles. The molecule has 0 unspecified atom stereocenters. The van der Waals surface area contributed by atoms with Gasteiger partial charge in [0.05, 0.1) is 17.5 Å². The number of fused-ring (bicyclic) bond motifs is 3. The van der Waals surface area contributed by atoms with Crippen molar-refractivity contribution in [1.82, 2.24) is 4.57 Å². The highest BCUT2D eigenvalue weighted by Gasteiger charge is 2.46. The van der Waals surface area contributed by atoms with Gasteiger partial charge in [0.25, 0.3) is 0 Å². The Morgan fingerprint density at radius 2 is 1.96 bits per heavy atom. The zero-order valence-corrected chi connectivity index (χ0v) is 14.8. The van der Waals surface area contributed by atoms with Gasteiger partial charge in [-0.1, -0.05) is 30.4 Å². The van der Waals surface area contributed by atoms with E-state index in [0.717, 1.165) is 22.9 Å². The molecule has 0 radical (unpaired) electrons. The van der Waals surface area contributed by atoms with Crippen LogP contribution in [0.25, 0.3) is 10.9 Å². The van der Waals surface area contributed by atoms with E-state index in [1.54, 1.807) is 4.57 Å². The van der Waals surface area contributed by atoms with Gasteiger partial charge >= 0.3 is 6.09 Å². The first-order valence-electron chi connectivity index (χ1n) is 8.80. The Balaban J connectivity index is 1.82. The Labute approximate surface area is 147 Å². The fourth-order valence-corrected chi connectivity index (χ4v) is 4.36. The maximum absolute atomic E-state index is 12.7. The van der Waals surface area contributed by atoms with Crippen LogP contribution < -0.4 is 0 Å². The van der Waals surface area contributed by atoms with Gasteiger partial charge in [0.15, 0.2) is 0 Å². The van der Waals surface area contributed by atoms with E-state index < -0.39 is 5.60 Å². The van der Waals surface area contributed by atoms with E-state index >= 15 is 0 Å². The highest BCUT2D eigenvalue weighted by molar-refractivity contribution is 5.92. The maximum atomic E-state index is 12.7. The Morgan fingerprint density at radius 1 is 1.24 bits per heavy atom. The molecule has 2 aromatic rings. The number of ether oxygens (including phenoxy) is 1. The molecule has 2 aliphatic carbocycles. The van der Waals surface area contributed by atoms with E-state index in [2.05, 4.69) is 18.2 Å². The van der Waals surface area contributed by atoms with Crippen LogP contribution in [0.2, 0.25) is 0 Å². The van der Waals surface area contributed by atoms with Gasteiger partial charge < -0.3 is 4.74 Å². The smallest absolute Gasteiger partial charge is 0.419 e. The van der Waals surface area contributed by atoms with Gasteiger partial charge in [0.1, 0.15) is 5.60 Å². The molecule has 2 aliphatic rings. The molecule has 4 atom stereocenters. The molecule has 0 saturated heterocycles. The van der Waals surface area contributed by atoms with Crippen molar-refractivity contribution < 1.29 is 9.53 Å². The first kappa shape index (κ1) is 16.0. The molecule has 0 N–H and O–H groups in total. The van der Waals surface area contributed by atoms with Gasteiger partial charge in [0.2, 0.25) is 0 Å². The Hall–Kier alpha value is -2.54. The van der Waals surface area contributed by atoms with E-state index in [9.17, 15) is 10.1 Å². The van der Waals surface area contributed by atoms with Crippen LogP contribution in [0.1, 0.15) is 38.7 Å². The van der Waals surface area contributed by atoms with Crippen LogP contribution in [0.15, 0.2) is 42.6 Å². The molecule has 0 aliphatic heterocycles. The molecule has 128 valence electrons. The number of rotatable bonds is 1. The quantitative estimate of drug-likeness (QED) is 0.700. The predicted octanol–water partition coefficient (Wildman–Crippen LogP) is 4.85. The summed E-state index contributed by atoms with van der Waals surface area (Å²) in [5, 5.41) is 10.7. The molecule has 0 spiro atoms. The predicted molar refractivity (Wildman–Crippen MR) is 96.2 cm³/mol. The summed E-state index contributed by atoms with van der Waals surface area (Å²) >= 11 is 0. The molecule has 1 fully saturated rings. The lowest BCUT2D eigenvalue weighted by atomic mass is 9.79. The Kier molecular flexibility index (Phi) is 3.50. The van der Waals surface area contributed by atoms with Crippen molar-refractivity contribution in [3.63, 3.8) is 0 Å². The summed E-state index contributed by atoms with van der Waals surface area (Å²) in [6, 6.07) is 10.4. The van der Waals surface area contributed by atoms with Crippen LogP contribution >= 0.6 is 0 Å². The molecule has 1 aromatic carbocycles. The second kappa shape index (κ2) is 5.49. The molecule has 25 heavy (non-hydrogen) atoms. The van der Waals surface area contributed by atoms with Crippen molar-refractivity contribution in [2.24, 2.45) is 17.8 Å². The third kappa shape index (κ3) is 2.55. The van der Waals surface area contributed by atoms with Gasteiger partial charge in [-0.2, -0.15) is 5.26 Å². The normalized spacial score (nSPS) is 27.6. The summed E-state index contributed by atoms with van der Waals surface area (Å²) in [6.45, 7) is 5.60. The van der Waals surface area contributed by atoms with Crippen molar-refractivity contribution in [1.29, 1.82) is 5.26 Å². The number of allylic oxidation sites excluding steroid dienone is 2. The van der Waals surface area contributed by atoms with Crippen LogP contribution in [-0.4, -0.2) is 16.3 Å². The van der Waals surface area contributed by atoms with E-state index in [4.69, 9.17) is 4.74 Å². The summed E-state index contributed by atoms with van der Waals surface area (Å²) in [6.07, 6.45) is 6.98. The third-order valence-electron chi connectivity index (χ3n) is 5.30. The van der Waals surface area contributed by atoms with E-state index in [1.165, 1.54) is 0 Å². The summed E-state index contributed by atoms with van der Waals surface area (Å²) < 4.78 is 7.17. The SMILES string of the molecule is CC(C)(C)OC(=O)n1cc([C@@H]2[C@H](C#N)[C@H]3C=C[C@@H]2C3)c2ccccc21. The lowest BCUT2D eigenvalue weighted by Gasteiger charge is -2.22. The van der Waals surface area contributed by atoms with Crippen LogP contribution in [0.3, 0.4) is 0 Å². The minimum Gasteiger partial charge on any atom is -0.443 e. The van der Waals surface area contributed by atoms with E-state index in [1.807, 2.05) is 51.2 Å². The Morgan fingerprint density at radius 3 is 2.68 bits per heavy atom. The zero-order valence-electron chi connectivity index (χ0n) is 14.8. The first-order valence-corrected chi connectivity index (χ1v) is 8.80. The second-order valence-electron chi connectivity index (χ2n) is 8.08. The minimum atomic E-state index is -0.549. The van der Waals surface area contributed by atoms with Crippen molar-refractivity contribution >= 4 is 17.0 Å². The molecule has 4 nitrogen and oxygen atoms in total. The lowest BCUT2D eigenvalue weighted by Crippen LogP contribution is -2.26. The molecule has 2 bridgehead atoms. The van der Waals surface area contributed by atoms with Crippen LogP contribution in [0.5, 0.6) is 0 Å². The number of carbonyl (C=O) groups is 1. The first-order chi connectivity index (χ1) is 11.9. The number of hydrogen-bond acceptors (Lipinski definition) is 3. The van der Waals surface area contributed by atoms with Crippen LogP contribution in [0, 0.1) is 29.1 Å². The fraction of sp³-hybridized carbons (Fsp3) is 0.429. The highest BCUT2D eigenvalue weighted by Crippen LogP contribution is 2.54. The Bertz CT molecular complexity index is 910. The van der Waals surface area contributed by atoms with Crippen molar-refractivity contribution in [2.75, 3.05) is 0 Å². The topological polar surface area (TPSA) is 55.0 Å². The van der Waals surface area contributed by atoms with Crippen LogP contribution in [-0.2, 0) is 4.74 Å². The largest absolute Gasteiger partial charge is 0.443 e. The molecular weight excluding hydrogens is 312 g/mol. The summed E-state index contributed by atoms with van der Waals surface area (Å²) in [4.78, 5) is 12.7. The monoisotopic (exact) mass is 334 g/mol. The molecular formula is C21H22N2O2. The minimum absolute atomic E-state index is 0.0205. The molecule has 1 aromatic heterocycles. The number of carbonyl (C=O) groups excluding carboxylic acids is 1. The molecule has 0 amide bonds. The third-order valence-corrected chi connectivity index (χ3v) is 5.30. The molecule has 1 saturated carbocycles.